The number of ether oxygens (including phenoxy) is 2. The fourth-order valence-corrected chi connectivity index (χ4v) is 2.79. The molecule has 0 bridgehead atoms. The standard InChI is InChI=1S/C14H24N2O5/c1-3-21-10-4-6-16(7-5-10)13(19)15-11-8-20-9-14(11,2)12(17)18/h10-11H,3-9H2,1-2H3,(H,15,19)(H,17,18). The quantitative estimate of drug-likeness (QED) is 0.797. The number of hydrogen-bond donors (Lipinski definition) is 2. The number of carboxylic acid groups (broad SMARTS) is 1. The van der Waals surface area contributed by atoms with Gasteiger partial charge in [-0.05, 0) is 26.7 Å². The molecule has 2 N–H and O–H groups in total. The van der Waals surface area contributed by atoms with Crippen molar-refractivity contribution >= 4 is 12.0 Å². The second kappa shape index (κ2) is 6.62. The van der Waals surface area contributed by atoms with E-state index in [4.69, 9.17) is 9.47 Å². The maximum Gasteiger partial charge on any atom is 0.317 e. The molecule has 2 unspecified atom stereocenters. The topological polar surface area (TPSA) is 88.1 Å². The van der Waals surface area contributed by atoms with Crippen LogP contribution in [0.2, 0.25) is 0 Å². The van der Waals surface area contributed by atoms with Crippen LogP contribution in [0.1, 0.15) is 26.7 Å². The first-order valence-electron chi connectivity index (χ1n) is 7.45. The number of hydrogen-bond acceptors (Lipinski definition) is 4. The number of nitrogens with one attached hydrogen (secondary N) is 1. The van der Waals surface area contributed by atoms with Crippen molar-refractivity contribution in [1.29, 1.82) is 0 Å². The first-order chi connectivity index (χ1) is 9.97. The van der Waals surface area contributed by atoms with Crippen molar-refractivity contribution in [2.45, 2.75) is 38.8 Å². The Morgan fingerprint density at radius 3 is 2.67 bits per heavy atom. The Balaban J connectivity index is 1.86. The van der Waals surface area contributed by atoms with E-state index in [1.807, 2.05) is 6.92 Å². The molecule has 2 aliphatic heterocycles. The summed E-state index contributed by atoms with van der Waals surface area (Å²) in [5.74, 6) is -0.944. The molecule has 2 aliphatic rings. The predicted octanol–water partition coefficient (Wildman–Crippen LogP) is 0.687. The third-order valence-electron chi connectivity index (χ3n) is 4.37. The molecule has 2 amide bonds. The maximum absolute atomic E-state index is 12.3. The van der Waals surface area contributed by atoms with Crippen molar-refractivity contribution < 1.29 is 24.2 Å². The number of carbonyl (C=O) groups is 2. The van der Waals surface area contributed by atoms with Gasteiger partial charge in [0.15, 0.2) is 0 Å². The zero-order valence-electron chi connectivity index (χ0n) is 12.6. The van der Waals surface area contributed by atoms with E-state index in [0.29, 0.717) is 19.7 Å². The number of piperidine rings is 1. The van der Waals surface area contributed by atoms with Crippen LogP contribution in [0.5, 0.6) is 0 Å². The van der Waals surface area contributed by atoms with Crippen molar-refractivity contribution in [3.63, 3.8) is 0 Å². The summed E-state index contributed by atoms with van der Waals surface area (Å²) >= 11 is 0. The summed E-state index contributed by atoms with van der Waals surface area (Å²) in [7, 11) is 0. The summed E-state index contributed by atoms with van der Waals surface area (Å²) in [6.07, 6.45) is 1.86. The first-order valence-corrected chi connectivity index (χ1v) is 7.45. The summed E-state index contributed by atoms with van der Waals surface area (Å²) in [5.41, 5.74) is -1.06. The molecular formula is C14H24N2O5. The minimum Gasteiger partial charge on any atom is -0.481 e. The van der Waals surface area contributed by atoms with Gasteiger partial charge in [0.1, 0.15) is 5.41 Å². The molecule has 2 heterocycles. The number of nitrogens with zero attached hydrogens (tertiary/aromatic N) is 1. The number of urea groups is 1. The number of carboxylic acids is 1. The third-order valence-corrected chi connectivity index (χ3v) is 4.37. The van der Waals surface area contributed by atoms with Crippen LogP contribution in [0.4, 0.5) is 4.79 Å². The van der Waals surface area contributed by atoms with Gasteiger partial charge in [-0.15, -0.1) is 0 Å². The van der Waals surface area contributed by atoms with Crippen LogP contribution in [-0.2, 0) is 14.3 Å². The normalized spacial score (nSPS) is 30.4. The average Bonchev–Trinajstić information content (AvgIpc) is 2.83. The van der Waals surface area contributed by atoms with E-state index in [1.54, 1.807) is 11.8 Å². The summed E-state index contributed by atoms with van der Waals surface area (Å²) in [5, 5.41) is 12.1. The molecule has 0 aliphatic carbocycles. The van der Waals surface area contributed by atoms with E-state index in [1.165, 1.54) is 0 Å². The van der Waals surface area contributed by atoms with E-state index in [-0.39, 0.29) is 25.3 Å². The van der Waals surface area contributed by atoms with E-state index >= 15 is 0 Å². The lowest BCUT2D eigenvalue weighted by molar-refractivity contribution is -0.148. The Morgan fingerprint density at radius 2 is 2.10 bits per heavy atom. The van der Waals surface area contributed by atoms with Crippen molar-refractivity contribution in [2.75, 3.05) is 32.9 Å². The Hall–Kier alpha value is -1.34. The van der Waals surface area contributed by atoms with Gasteiger partial charge < -0.3 is 24.8 Å². The highest BCUT2D eigenvalue weighted by atomic mass is 16.5. The smallest absolute Gasteiger partial charge is 0.317 e. The van der Waals surface area contributed by atoms with Crippen LogP contribution in [0.15, 0.2) is 0 Å². The SMILES string of the molecule is CCOC1CCN(C(=O)NC2COCC2(C)C(=O)O)CC1. The zero-order chi connectivity index (χ0) is 15.5. The lowest BCUT2D eigenvalue weighted by atomic mass is 9.85. The second-order valence-electron chi connectivity index (χ2n) is 5.88. The molecule has 0 spiro atoms. The number of carbonyl (C=O) groups excluding carboxylic acids is 1. The molecule has 0 saturated carbocycles. The van der Waals surface area contributed by atoms with E-state index in [2.05, 4.69) is 5.32 Å². The van der Waals surface area contributed by atoms with Crippen molar-refractivity contribution in [2.24, 2.45) is 5.41 Å². The van der Waals surface area contributed by atoms with Gasteiger partial charge in [-0.1, -0.05) is 0 Å². The zero-order valence-corrected chi connectivity index (χ0v) is 12.6. The van der Waals surface area contributed by atoms with Gasteiger partial charge in [0.2, 0.25) is 0 Å². The van der Waals surface area contributed by atoms with Crippen LogP contribution in [0, 0.1) is 5.41 Å². The molecule has 2 atom stereocenters. The lowest BCUT2D eigenvalue weighted by Gasteiger charge is -2.34. The molecule has 2 fully saturated rings. The minimum atomic E-state index is -1.06. The number of rotatable bonds is 4. The fourth-order valence-electron chi connectivity index (χ4n) is 2.79. The van der Waals surface area contributed by atoms with Gasteiger partial charge in [-0.25, -0.2) is 4.79 Å². The Morgan fingerprint density at radius 1 is 1.43 bits per heavy atom. The van der Waals surface area contributed by atoms with Crippen LogP contribution in [0.3, 0.4) is 0 Å². The van der Waals surface area contributed by atoms with E-state index < -0.39 is 17.4 Å². The molecular weight excluding hydrogens is 276 g/mol. The van der Waals surface area contributed by atoms with Crippen LogP contribution >= 0.6 is 0 Å². The molecule has 21 heavy (non-hydrogen) atoms. The van der Waals surface area contributed by atoms with E-state index in [9.17, 15) is 14.7 Å². The van der Waals surface area contributed by atoms with Crippen molar-refractivity contribution in [3.8, 4) is 0 Å². The number of aliphatic carboxylic acids is 1. The molecule has 7 nitrogen and oxygen atoms in total. The van der Waals surface area contributed by atoms with Gasteiger partial charge in [-0.2, -0.15) is 0 Å². The third kappa shape index (κ3) is 3.47. The second-order valence-corrected chi connectivity index (χ2v) is 5.88. The van der Waals surface area contributed by atoms with Crippen LogP contribution in [-0.4, -0.2) is 67.1 Å². The fraction of sp³-hybridized carbons (Fsp3) is 0.857. The highest BCUT2D eigenvalue weighted by Gasteiger charge is 2.47. The molecule has 120 valence electrons. The Labute approximate surface area is 124 Å². The minimum absolute atomic E-state index is 0.125. The van der Waals surface area contributed by atoms with Crippen molar-refractivity contribution in [3.05, 3.63) is 0 Å². The molecule has 0 aromatic heterocycles. The lowest BCUT2D eigenvalue weighted by Crippen LogP contribution is -2.54. The van der Waals surface area contributed by atoms with Gasteiger partial charge in [-0.3, -0.25) is 4.79 Å². The summed E-state index contributed by atoms with van der Waals surface area (Å²) in [6, 6.07) is -0.708. The molecule has 7 heteroatoms. The molecule has 0 aromatic rings. The maximum atomic E-state index is 12.3. The molecule has 2 rings (SSSR count). The Kier molecular flexibility index (Phi) is 5.05. The molecule has 2 saturated heterocycles. The van der Waals surface area contributed by atoms with Gasteiger partial charge >= 0.3 is 12.0 Å². The predicted molar refractivity (Wildman–Crippen MR) is 75.1 cm³/mol. The van der Waals surface area contributed by atoms with Crippen LogP contribution in [0.25, 0.3) is 0 Å². The van der Waals surface area contributed by atoms with Gasteiger partial charge in [0, 0.05) is 19.7 Å². The average molecular weight is 300 g/mol. The molecule has 0 aromatic carbocycles. The number of amides is 2. The van der Waals surface area contributed by atoms with Gasteiger partial charge in [0.25, 0.3) is 0 Å². The van der Waals surface area contributed by atoms with Crippen LogP contribution < -0.4 is 5.32 Å². The van der Waals surface area contributed by atoms with Gasteiger partial charge in [0.05, 0.1) is 25.4 Å². The first kappa shape index (κ1) is 16.0. The molecule has 0 radical (unpaired) electrons. The Bertz CT molecular complexity index is 395. The van der Waals surface area contributed by atoms with Crippen molar-refractivity contribution in [1.82, 2.24) is 10.2 Å². The highest BCUT2D eigenvalue weighted by Crippen LogP contribution is 2.29. The largest absolute Gasteiger partial charge is 0.481 e. The highest BCUT2D eigenvalue weighted by molar-refractivity contribution is 5.79. The summed E-state index contributed by atoms with van der Waals surface area (Å²) in [6.45, 7) is 5.89. The monoisotopic (exact) mass is 300 g/mol. The number of likely N-dealkylation sites (tertiary alicyclic amines) is 1. The summed E-state index contributed by atoms with van der Waals surface area (Å²) in [4.78, 5) is 25.3. The van der Waals surface area contributed by atoms with E-state index in [0.717, 1.165) is 12.8 Å². The summed E-state index contributed by atoms with van der Waals surface area (Å²) < 4.78 is 10.8.